The molecule has 4 heteroatoms. The van der Waals surface area contributed by atoms with Crippen molar-refractivity contribution in [3.63, 3.8) is 0 Å². The van der Waals surface area contributed by atoms with Crippen LogP contribution >= 0.6 is 15.9 Å². The van der Waals surface area contributed by atoms with Gasteiger partial charge in [0.25, 0.3) is 0 Å². The lowest BCUT2D eigenvalue weighted by Gasteiger charge is -2.08. The first-order chi connectivity index (χ1) is 8.04. The number of nitrogens with two attached hydrogens (primary N) is 1. The fourth-order valence-electron chi connectivity index (χ4n) is 1.80. The summed E-state index contributed by atoms with van der Waals surface area (Å²) in [5.41, 5.74) is 11.3. The minimum atomic E-state index is 0.551. The molecule has 1 heterocycles. The molecule has 0 amide bonds. The molecule has 17 heavy (non-hydrogen) atoms. The molecule has 3 nitrogen and oxygen atoms in total. The predicted molar refractivity (Wildman–Crippen MR) is 73.4 cm³/mol. The van der Waals surface area contributed by atoms with Crippen molar-refractivity contribution in [3.8, 4) is 5.69 Å². The van der Waals surface area contributed by atoms with Crippen molar-refractivity contribution in [2.75, 3.05) is 0 Å². The van der Waals surface area contributed by atoms with Gasteiger partial charge in [0.2, 0.25) is 0 Å². The molecule has 2 rings (SSSR count). The highest BCUT2D eigenvalue weighted by molar-refractivity contribution is 9.10. The van der Waals surface area contributed by atoms with Gasteiger partial charge >= 0.3 is 0 Å². The van der Waals surface area contributed by atoms with E-state index in [0.717, 1.165) is 21.4 Å². The van der Waals surface area contributed by atoms with Gasteiger partial charge in [0.15, 0.2) is 0 Å². The minimum Gasteiger partial charge on any atom is -0.326 e. The zero-order valence-corrected chi connectivity index (χ0v) is 11.9. The first-order valence-corrected chi connectivity index (χ1v) is 6.35. The van der Waals surface area contributed by atoms with Gasteiger partial charge in [0, 0.05) is 16.7 Å². The van der Waals surface area contributed by atoms with E-state index in [-0.39, 0.29) is 0 Å². The Hall–Kier alpha value is -1.13. The van der Waals surface area contributed by atoms with Gasteiger partial charge in [-0.3, -0.25) is 0 Å². The molecule has 0 saturated carbocycles. The summed E-state index contributed by atoms with van der Waals surface area (Å²) in [6, 6.07) is 6.12. The van der Waals surface area contributed by atoms with Gasteiger partial charge in [-0.2, -0.15) is 5.10 Å². The minimum absolute atomic E-state index is 0.551. The zero-order chi connectivity index (χ0) is 12.6. The van der Waals surface area contributed by atoms with Gasteiger partial charge in [-0.1, -0.05) is 6.07 Å². The highest BCUT2D eigenvalue weighted by atomic mass is 79.9. The highest BCUT2D eigenvalue weighted by Crippen LogP contribution is 2.25. The molecule has 0 spiro atoms. The van der Waals surface area contributed by atoms with Crippen molar-refractivity contribution in [1.82, 2.24) is 9.78 Å². The maximum absolute atomic E-state index is 5.62. The number of halogens is 1. The van der Waals surface area contributed by atoms with Crippen molar-refractivity contribution in [3.05, 3.63) is 45.2 Å². The van der Waals surface area contributed by atoms with Crippen LogP contribution in [0.25, 0.3) is 5.69 Å². The van der Waals surface area contributed by atoms with Crippen LogP contribution in [0.2, 0.25) is 0 Å². The van der Waals surface area contributed by atoms with E-state index < -0.39 is 0 Å². The van der Waals surface area contributed by atoms with Gasteiger partial charge in [0.05, 0.1) is 11.4 Å². The van der Waals surface area contributed by atoms with Crippen LogP contribution in [-0.4, -0.2) is 9.78 Å². The zero-order valence-electron chi connectivity index (χ0n) is 10.3. The summed E-state index contributed by atoms with van der Waals surface area (Å²) in [5.74, 6) is 0. The second-order valence-electron chi connectivity index (χ2n) is 4.20. The van der Waals surface area contributed by atoms with E-state index in [2.05, 4.69) is 34.9 Å². The number of nitrogens with zero attached hydrogens (tertiary/aromatic N) is 2. The molecule has 0 atom stereocenters. The molecule has 1 aromatic heterocycles. The SMILES string of the molecule is Cc1nn(-c2ccc(CN)cc2Br)c(C)c1C. The molecule has 0 saturated heterocycles. The number of hydrogen-bond donors (Lipinski definition) is 1. The number of aryl methyl sites for hydroxylation is 1. The standard InChI is InChI=1S/C13H16BrN3/c1-8-9(2)16-17(10(8)3)13-5-4-11(7-15)6-12(13)14/h4-6H,7,15H2,1-3H3. The molecule has 0 aliphatic rings. The summed E-state index contributed by atoms with van der Waals surface area (Å²) >= 11 is 3.58. The fraction of sp³-hybridized carbons (Fsp3) is 0.308. The Kier molecular flexibility index (Phi) is 3.35. The molecular weight excluding hydrogens is 278 g/mol. The lowest BCUT2D eigenvalue weighted by molar-refractivity contribution is 0.828. The molecule has 0 aliphatic heterocycles. The molecule has 0 aliphatic carbocycles. The summed E-state index contributed by atoms with van der Waals surface area (Å²) in [7, 11) is 0. The Morgan fingerprint density at radius 1 is 1.29 bits per heavy atom. The van der Waals surface area contributed by atoms with Gasteiger partial charge in [-0.05, 0) is 60.0 Å². The monoisotopic (exact) mass is 293 g/mol. The van der Waals surface area contributed by atoms with E-state index in [9.17, 15) is 0 Å². The number of hydrogen-bond acceptors (Lipinski definition) is 2. The second-order valence-corrected chi connectivity index (χ2v) is 5.05. The molecule has 0 bridgehead atoms. The molecule has 2 aromatic rings. The number of rotatable bonds is 2. The number of benzene rings is 1. The molecule has 0 fully saturated rings. The van der Waals surface area contributed by atoms with E-state index in [1.165, 1.54) is 11.3 Å². The van der Waals surface area contributed by atoms with Crippen LogP contribution in [-0.2, 0) is 6.54 Å². The van der Waals surface area contributed by atoms with E-state index in [1.54, 1.807) is 0 Å². The van der Waals surface area contributed by atoms with Crippen LogP contribution in [0.1, 0.15) is 22.5 Å². The molecule has 90 valence electrons. The Bertz CT molecular complexity index is 558. The normalized spacial score (nSPS) is 10.9. The van der Waals surface area contributed by atoms with Crippen LogP contribution in [0.3, 0.4) is 0 Å². The first-order valence-electron chi connectivity index (χ1n) is 5.56. The van der Waals surface area contributed by atoms with Crippen LogP contribution in [0.4, 0.5) is 0 Å². The van der Waals surface area contributed by atoms with E-state index in [4.69, 9.17) is 5.73 Å². The lowest BCUT2D eigenvalue weighted by atomic mass is 10.2. The average molecular weight is 294 g/mol. The molecular formula is C13H16BrN3. The fourth-order valence-corrected chi connectivity index (χ4v) is 2.40. The van der Waals surface area contributed by atoms with Crippen molar-refractivity contribution in [1.29, 1.82) is 0 Å². The van der Waals surface area contributed by atoms with Crippen LogP contribution in [0.15, 0.2) is 22.7 Å². The van der Waals surface area contributed by atoms with E-state index in [1.807, 2.05) is 29.8 Å². The summed E-state index contributed by atoms with van der Waals surface area (Å²) < 4.78 is 2.99. The highest BCUT2D eigenvalue weighted by Gasteiger charge is 2.11. The number of aromatic nitrogens is 2. The van der Waals surface area contributed by atoms with Crippen molar-refractivity contribution in [2.24, 2.45) is 5.73 Å². The van der Waals surface area contributed by atoms with E-state index >= 15 is 0 Å². The maximum Gasteiger partial charge on any atom is 0.0791 e. The summed E-state index contributed by atoms with van der Waals surface area (Å²) in [6.07, 6.45) is 0. The first kappa shape index (κ1) is 12.3. The topological polar surface area (TPSA) is 43.8 Å². The summed E-state index contributed by atoms with van der Waals surface area (Å²) in [5, 5.41) is 4.55. The Morgan fingerprint density at radius 2 is 2.00 bits per heavy atom. The largest absolute Gasteiger partial charge is 0.326 e. The quantitative estimate of drug-likeness (QED) is 0.925. The van der Waals surface area contributed by atoms with Crippen LogP contribution < -0.4 is 5.73 Å². The molecule has 1 aromatic carbocycles. The van der Waals surface area contributed by atoms with Crippen molar-refractivity contribution in [2.45, 2.75) is 27.3 Å². The summed E-state index contributed by atoms with van der Waals surface area (Å²) in [4.78, 5) is 0. The second kappa shape index (κ2) is 4.63. The van der Waals surface area contributed by atoms with Gasteiger partial charge in [-0.25, -0.2) is 4.68 Å². The smallest absolute Gasteiger partial charge is 0.0791 e. The predicted octanol–water partition coefficient (Wildman–Crippen LogP) is 3.02. The molecule has 0 unspecified atom stereocenters. The van der Waals surface area contributed by atoms with Crippen LogP contribution in [0.5, 0.6) is 0 Å². The van der Waals surface area contributed by atoms with Crippen molar-refractivity contribution < 1.29 is 0 Å². The van der Waals surface area contributed by atoms with E-state index in [0.29, 0.717) is 6.54 Å². The Balaban J connectivity index is 2.57. The third-order valence-electron chi connectivity index (χ3n) is 3.13. The Morgan fingerprint density at radius 3 is 2.47 bits per heavy atom. The third kappa shape index (κ3) is 2.15. The average Bonchev–Trinajstić information content (AvgIpc) is 2.57. The molecule has 2 N–H and O–H groups in total. The maximum atomic E-state index is 5.62. The summed E-state index contributed by atoms with van der Waals surface area (Å²) in [6.45, 7) is 6.75. The van der Waals surface area contributed by atoms with Gasteiger partial charge < -0.3 is 5.73 Å². The molecule has 0 radical (unpaired) electrons. The lowest BCUT2D eigenvalue weighted by Crippen LogP contribution is -2.02. The van der Waals surface area contributed by atoms with Gasteiger partial charge in [-0.15, -0.1) is 0 Å². The Labute approximate surface area is 110 Å². The van der Waals surface area contributed by atoms with Crippen LogP contribution in [0, 0.1) is 20.8 Å². The van der Waals surface area contributed by atoms with Crippen molar-refractivity contribution >= 4 is 15.9 Å². The third-order valence-corrected chi connectivity index (χ3v) is 3.76. The van der Waals surface area contributed by atoms with Gasteiger partial charge in [0.1, 0.15) is 0 Å².